The zero-order valence-electron chi connectivity index (χ0n) is 17.1. The molecular weight excluding hydrogens is 403 g/mol. The van der Waals surface area contributed by atoms with Crippen LogP contribution >= 0.6 is 0 Å². The summed E-state index contributed by atoms with van der Waals surface area (Å²) in [5.41, 5.74) is 2.71. The maximum atomic E-state index is 14.9. The van der Waals surface area contributed by atoms with Gasteiger partial charge >= 0.3 is 6.09 Å². The number of anilines is 1. The van der Waals surface area contributed by atoms with E-state index in [2.05, 4.69) is 10.3 Å². The summed E-state index contributed by atoms with van der Waals surface area (Å²) in [6.45, 7) is 3.31. The molecule has 0 bridgehead atoms. The second-order valence-electron chi connectivity index (χ2n) is 7.51. The lowest BCUT2D eigenvalue weighted by molar-refractivity contribution is -0.119. The molecule has 2 aromatic heterocycles. The Bertz CT molecular complexity index is 1190. The van der Waals surface area contributed by atoms with E-state index in [1.165, 1.54) is 24.8 Å². The van der Waals surface area contributed by atoms with E-state index in [0.29, 0.717) is 28.2 Å². The van der Waals surface area contributed by atoms with E-state index in [-0.39, 0.29) is 31.2 Å². The molecule has 0 spiro atoms. The normalized spacial score (nSPS) is 15.9. The van der Waals surface area contributed by atoms with Gasteiger partial charge in [0.15, 0.2) is 0 Å². The molecule has 8 nitrogen and oxygen atoms in total. The molecular formula is C22H21FN4O4. The van der Waals surface area contributed by atoms with E-state index in [0.717, 1.165) is 0 Å². The summed E-state index contributed by atoms with van der Waals surface area (Å²) in [5.74, 6) is -0.683. The average Bonchev–Trinajstić information content (AvgIpc) is 3.27. The molecule has 1 saturated heterocycles. The monoisotopic (exact) mass is 424 g/mol. The number of aromatic nitrogens is 2. The van der Waals surface area contributed by atoms with E-state index in [9.17, 15) is 18.8 Å². The zero-order chi connectivity index (χ0) is 22.1. The molecule has 0 unspecified atom stereocenters. The first kappa shape index (κ1) is 20.5. The number of nitrogens with zero attached hydrogens (tertiary/aromatic N) is 3. The molecule has 31 heavy (non-hydrogen) atoms. The number of carbonyl (C=O) groups excluding carboxylic acids is 3. The minimum Gasteiger partial charge on any atom is -0.442 e. The molecule has 160 valence electrons. The molecule has 1 fully saturated rings. The lowest BCUT2D eigenvalue weighted by Crippen LogP contribution is -2.33. The first-order chi connectivity index (χ1) is 14.8. The first-order valence-electron chi connectivity index (χ1n) is 9.80. The lowest BCUT2D eigenvalue weighted by atomic mass is 10.1. The van der Waals surface area contributed by atoms with Crippen molar-refractivity contribution in [1.82, 2.24) is 14.7 Å². The molecule has 0 radical (unpaired) electrons. The summed E-state index contributed by atoms with van der Waals surface area (Å²) < 4.78 is 21.9. The Hall–Kier alpha value is -3.75. The third-order valence-electron chi connectivity index (χ3n) is 4.96. The van der Waals surface area contributed by atoms with Gasteiger partial charge in [-0.2, -0.15) is 0 Å². The number of carbonyl (C=O) groups is 3. The summed E-state index contributed by atoms with van der Waals surface area (Å²) in [4.78, 5) is 40.2. The number of nitrogens with one attached hydrogen (secondary N) is 1. The smallest absolute Gasteiger partial charge is 0.414 e. The number of amides is 2. The van der Waals surface area contributed by atoms with Crippen molar-refractivity contribution in [3.63, 3.8) is 0 Å². The fourth-order valence-electron chi connectivity index (χ4n) is 3.55. The van der Waals surface area contributed by atoms with Gasteiger partial charge in [-0.05, 0) is 37.3 Å². The van der Waals surface area contributed by atoms with E-state index in [1.807, 2.05) is 0 Å². The topological polar surface area (TPSA) is 93.0 Å². The van der Waals surface area contributed by atoms with Crippen LogP contribution in [0.15, 0.2) is 42.7 Å². The van der Waals surface area contributed by atoms with Gasteiger partial charge < -0.3 is 14.5 Å². The first-order valence-corrected chi connectivity index (χ1v) is 9.80. The predicted octanol–water partition coefficient (Wildman–Crippen LogP) is 2.73. The van der Waals surface area contributed by atoms with Gasteiger partial charge in [0.05, 0.1) is 24.5 Å². The van der Waals surface area contributed by atoms with Crippen LogP contribution in [0.3, 0.4) is 0 Å². The van der Waals surface area contributed by atoms with E-state index < -0.39 is 18.0 Å². The number of pyridine rings is 1. The Morgan fingerprint density at radius 1 is 1.23 bits per heavy atom. The minimum absolute atomic E-state index is 0.0185. The van der Waals surface area contributed by atoms with Gasteiger partial charge in [0.1, 0.15) is 23.4 Å². The molecule has 4 rings (SSSR count). The summed E-state index contributed by atoms with van der Waals surface area (Å²) in [5, 5.41) is 2.61. The average molecular weight is 424 g/mol. The van der Waals surface area contributed by atoms with Crippen LogP contribution in [0.5, 0.6) is 0 Å². The van der Waals surface area contributed by atoms with Crippen molar-refractivity contribution in [1.29, 1.82) is 0 Å². The molecule has 0 saturated carbocycles. The fourth-order valence-corrected chi connectivity index (χ4v) is 3.55. The SMILES string of the molecule is CC(=O)Cc1cn2cc(-c3ccc(N4C[C@H](CNC(C)=O)OC4=O)cc3F)ccc2n1. The van der Waals surface area contributed by atoms with Crippen molar-refractivity contribution in [2.24, 2.45) is 0 Å². The van der Waals surface area contributed by atoms with E-state index >= 15 is 0 Å². The molecule has 1 N–H and O–H groups in total. The molecule has 3 aromatic rings. The van der Waals surface area contributed by atoms with Crippen LogP contribution in [-0.2, 0) is 20.7 Å². The minimum atomic E-state index is -0.583. The Kier molecular flexibility index (Phi) is 5.41. The van der Waals surface area contributed by atoms with Gasteiger partial charge in [0.25, 0.3) is 0 Å². The summed E-state index contributed by atoms with van der Waals surface area (Å²) in [7, 11) is 0. The van der Waals surface area contributed by atoms with Crippen LogP contribution in [0.2, 0.25) is 0 Å². The highest BCUT2D eigenvalue weighted by Gasteiger charge is 2.32. The van der Waals surface area contributed by atoms with Crippen LogP contribution in [0.4, 0.5) is 14.9 Å². The van der Waals surface area contributed by atoms with Crippen molar-refractivity contribution in [2.75, 3.05) is 18.0 Å². The number of fused-ring (bicyclic) bond motifs is 1. The Balaban J connectivity index is 1.55. The Morgan fingerprint density at radius 2 is 2.03 bits per heavy atom. The van der Waals surface area contributed by atoms with E-state index in [1.54, 1.807) is 41.1 Å². The number of imidazole rings is 1. The zero-order valence-corrected chi connectivity index (χ0v) is 17.1. The largest absolute Gasteiger partial charge is 0.442 e. The molecule has 2 amide bonds. The van der Waals surface area contributed by atoms with Crippen LogP contribution < -0.4 is 10.2 Å². The predicted molar refractivity (Wildman–Crippen MR) is 111 cm³/mol. The summed E-state index contributed by atoms with van der Waals surface area (Å²) in [6, 6.07) is 8.06. The molecule has 1 atom stereocenters. The fraction of sp³-hybridized carbons (Fsp3) is 0.273. The summed E-state index contributed by atoms with van der Waals surface area (Å²) >= 11 is 0. The van der Waals surface area contributed by atoms with Gasteiger partial charge in [-0.15, -0.1) is 0 Å². The molecule has 3 heterocycles. The van der Waals surface area contributed by atoms with Crippen molar-refractivity contribution >= 4 is 29.1 Å². The van der Waals surface area contributed by atoms with Crippen LogP contribution in [0.25, 0.3) is 16.8 Å². The second kappa shape index (κ2) is 8.17. The highest BCUT2D eigenvalue weighted by Crippen LogP contribution is 2.29. The van der Waals surface area contributed by atoms with Crippen LogP contribution in [0, 0.1) is 5.82 Å². The Labute approximate surface area is 177 Å². The van der Waals surface area contributed by atoms with Gasteiger partial charge in [0, 0.05) is 36.9 Å². The second-order valence-corrected chi connectivity index (χ2v) is 7.51. The third-order valence-corrected chi connectivity index (χ3v) is 4.96. The van der Waals surface area contributed by atoms with Crippen molar-refractivity contribution in [3.05, 3.63) is 54.2 Å². The highest BCUT2D eigenvalue weighted by molar-refractivity contribution is 5.90. The van der Waals surface area contributed by atoms with Crippen LogP contribution in [-0.4, -0.2) is 46.4 Å². The van der Waals surface area contributed by atoms with Crippen LogP contribution in [0.1, 0.15) is 19.5 Å². The highest BCUT2D eigenvalue weighted by atomic mass is 19.1. The number of benzene rings is 1. The third kappa shape index (κ3) is 4.40. The van der Waals surface area contributed by atoms with Gasteiger partial charge in [-0.3, -0.25) is 14.5 Å². The number of hydrogen-bond acceptors (Lipinski definition) is 5. The van der Waals surface area contributed by atoms with Crippen molar-refractivity contribution in [2.45, 2.75) is 26.4 Å². The standard InChI is InChI=1S/C22H21FN4O4/c1-13(28)7-16-11-26-10-15(3-6-21(26)25-16)19-5-4-17(8-20(19)23)27-12-18(31-22(27)30)9-24-14(2)29/h3-6,8,10-11,18H,7,9,12H2,1-2H3,(H,24,29)/t18-/m0/s1. The number of ketones is 1. The molecule has 0 aliphatic carbocycles. The molecule has 1 aliphatic rings. The number of Topliss-reactive ketones (excluding diaryl/α,β-unsaturated/α-hetero) is 1. The van der Waals surface area contributed by atoms with Crippen molar-refractivity contribution < 1.29 is 23.5 Å². The maximum absolute atomic E-state index is 14.9. The number of halogens is 1. The maximum Gasteiger partial charge on any atom is 0.414 e. The van der Waals surface area contributed by atoms with Gasteiger partial charge in [0.2, 0.25) is 5.91 Å². The number of rotatable bonds is 6. The summed E-state index contributed by atoms with van der Waals surface area (Å²) in [6.07, 6.45) is 2.67. The van der Waals surface area contributed by atoms with Gasteiger partial charge in [-0.25, -0.2) is 14.2 Å². The lowest BCUT2D eigenvalue weighted by Gasteiger charge is -2.14. The van der Waals surface area contributed by atoms with E-state index in [4.69, 9.17) is 4.74 Å². The number of ether oxygens (including phenoxy) is 1. The molecule has 1 aliphatic heterocycles. The van der Waals surface area contributed by atoms with Gasteiger partial charge in [-0.1, -0.05) is 0 Å². The number of cyclic esters (lactones) is 1. The molecule has 9 heteroatoms. The Morgan fingerprint density at radius 3 is 2.74 bits per heavy atom. The van der Waals surface area contributed by atoms with Crippen molar-refractivity contribution in [3.8, 4) is 11.1 Å². The number of hydrogen-bond donors (Lipinski definition) is 1. The quantitative estimate of drug-likeness (QED) is 0.657. The molecule has 1 aromatic carbocycles.